The molecule has 3 rings (SSSR count). The van der Waals surface area contributed by atoms with Gasteiger partial charge in [0.2, 0.25) is 0 Å². The van der Waals surface area contributed by atoms with Gasteiger partial charge in [-0.25, -0.2) is 0 Å². The normalized spacial score (nSPS) is 12.0. The van der Waals surface area contributed by atoms with Gasteiger partial charge in [0.15, 0.2) is 4.80 Å². The number of benzene rings is 2. The molecule has 0 N–H and O–H groups in total. The number of halogens is 2. The molecule has 1 aromatic heterocycles. The second kappa shape index (κ2) is 7.61. The van der Waals surface area contributed by atoms with Crippen LogP contribution >= 0.6 is 38.9 Å². The Morgan fingerprint density at radius 1 is 1.33 bits per heavy atom. The number of thiazole rings is 1. The number of rotatable bonds is 4. The first-order valence-electron chi connectivity index (χ1n) is 7.21. The zero-order valence-electron chi connectivity index (χ0n) is 12.8. The topological polar surface area (TPSA) is 43.6 Å². The van der Waals surface area contributed by atoms with Gasteiger partial charge in [0.1, 0.15) is 0 Å². The van der Waals surface area contributed by atoms with Crippen LogP contribution in [0.15, 0.2) is 51.9 Å². The van der Waals surface area contributed by atoms with Crippen LogP contribution in [0.1, 0.15) is 10.4 Å². The number of hydrogen-bond donors (Lipinski definition) is 0. The maximum Gasteiger partial charge on any atom is 0.279 e. The van der Waals surface area contributed by atoms with Crippen LogP contribution in [0.4, 0.5) is 0 Å². The average molecular weight is 426 g/mol. The number of amides is 1. The van der Waals surface area contributed by atoms with Crippen LogP contribution in [0.2, 0.25) is 5.02 Å². The van der Waals surface area contributed by atoms with E-state index in [2.05, 4.69) is 20.9 Å². The van der Waals surface area contributed by atoms with Gasteiger partial charge >= 0.3 is 0 Å². The molecule has 0 saturated heterocycles. The number of hydrogen-bond acceptors (Lipinski definition) is 3. The number of methoxy groups -OCH3 is 1. The SMILES string of the molecule is COCCn1c(=NC(=O)c2cccc(Br)c2)sc2cc(Cl)ccc21. The monoisotopic (exact) mass is 424 g/mol. The lowest BCUT2D eigenvalue weighted by Gasteiger charge is -2.04. The molecule has 0 aliphatic heterocycles. The first kappa shape index (κ1) is 17.4. The molecule has 0 saturated carbocycles. The van der Waals surface area contributed by atoms with Crippen molar-refractivity contribution in [3.63, 3.8) is 0 Å². The predicted molar refractivity (Wildman–Crippen MR) is 101 cm³/mol. The summed E-state index contributed by atoms with van der Waals surface area (Å²) in [7, 11) is 1.65. The summed E-state index contributed by atoms with van der Waals surface area (Å²) in [5.74, 6) is -0.278. The fraction of sp³-hybridized carbons (Fsp3) is 0.176. The molecule has 3 aromatic rings. The van der Waals surface area contributed by atoms with Crippen LogP contribution in [0.25, 0.3) is 10.2 Å². The highest BCUT2D eigenvalue weighted by Crippen LogP contribution is 2.22. The lowest BCUT2D eigenvalue weighted by Crippen LogP contribution is -2.19. The first-order chi connectivity index (χ1) is 11.6. The Labute approximate surface area is 156 Å². The van der Waals surface area contributed by atoms with Gasteiger partial charge < -0.3 is 9.30 Å². The Hall–Kier alpha value is -1.47. The van der Waals surface area contributed by atoms with Gasteiger partial charge in [-0.15, -0.1) is 0 Å². The Morgan fingerprint density at radius 2 is 2.17 bits per heavy atom. The van der Waals surface area contributed by atoms with Gasteiger partial charge in [-0.1, -0.05) is 44.9 Å². The van der Waals surface area contributed by atoms with E-state index in [4.69, 9.17) is 16.3 Å². The Balaban J connectivity index is 2.11. The molecule has 2 aromatic carbocycles. The van der Waals surface area contributed by atoms with E-state index in [1.807, 2.05) is 34.9 Å². The van der Waals surface area contributed by atoms with E-state index in [0.717, 1.165) is 14.7 Å². The maximum absolute atomic E-state index is 12.5. The molecule has 4 nitrogen and oxygen atoms in total. The molecular weight excluding hydrogens is 412 g/mol. The predicted octanol–water partition coefficient (Wildman–Crippen LogP) is 4.51. The number of aromatic nitrogens is 1. The highest BCUT2D eigenvalue weighted by molar-refractivity contribution is 9.10. The van der Waals surface area contributed by atoms with Crippen molar-refractivity contribution in [3.8, 4) is 0 Å². The molecule has 0 aliphatic rings. The first-order valence-corrected chi connectivity index (χ1v) is 9.19. The fourth-order valence-corrected chi connectivity index (χ4v) is 4.03. The quantitative estimate of drug-likeness (QED) is 0.617. The van der Waals surface area contributed by atoms with Crippen molar-refractivity contribution in [3.05, 3.63) is 62.3 Å². The minimum atomic E-state index is -0.278. The summed E-state index contributed by atoms with van der Waals surface area (Å²) in [5.41, 5.74) is 1.53. The van der Waals surface area contributed by atoms with E-state index in [1.165, 1.54) is 11.3 Å². The van der Waals surface area contributed by atoms with Crippen molar-refractivity contribution in [2.24, 2.45) is 4.99 Å². The molecule has 1 amide bonds. The smallest absolute Gasteiger partial charge is 0.279 e. The molecule has 0 atom stereocenters. The lowest BCUT2D eigenvalue weighted by atomic mass is 10.2. The van der Waals surface area contributed by atoms with Crippen molar-refractivity contribution in [2.45, 2.75) is 6.54 Å². The van der Waals surface area contributed by atoms with Gasteiger partial charge in [-0.2, -0.15) is 4.99 Å². The Bertz CT molecular complexity index is 965. The van der Waals surface area contributed by atoms with Crippen molar-refractivity contribution >= 4 is 55.0 Å². The number of carbonyl (C=O) groups is 1. The summed E-state index contributed by atoms with van der Waals surface area (Å²) >= 11 is 10.9. The third-order valence-electron chi connectivity index (χ3n) is 3.43. The summed E-state index contributed by atoms with van der Waals surface area (Å²) in [4.78, 5) is 17.4. The van der Waals surface area contributed by atoms with E-state index in [0.29, 0.717) is 28.5 Å². The molecular formula is C17H14BrClN2O2S. The molecule has 0 fully saturated rings. The molecule has 0 radical (unpaired) electrons. The van der Waals surface area contributed by atoms with Crippen molar-refractivity contribution in [2.75, 3.05) is 13.7 Å². The second-order valence-corrected chi connectivity index (χ2v) is 7.43. The number of fused-ring (bicyclic) bond motifs is 1. The standard InChI is InChI=1S/C17H14BrClN2O2S/c1-23-8-7-21-14-6-5-13(19)10-15(14)24-17(21)20-16(22)11-3-2-4-12(18)9-11/h2-6,9-10H,7-8H2,1H3. The molecule has 24 heavy (non-hydrogen) atoms. The highest BCUT2D eigenvalue weighted by Gasteiger charge is 2.10. The Kier molecular flexibility index (Phi) is 5.50. The van der Waals surface area contributed by atoms with Gasteiger partial charge in [-0.3, -0.25) is 4.79 Å². The summed E-state index contributed by atoms with van der Waals surface area (Å²) in [6, 6.07) is 12.9. The maximum atomic E-state index is 12.5. The second-order valence-electron chi connectivity index (χ2n) is 5.07. The summed E-state index contributed by atoms with van der Waals surface area (Å²) in [6.45, 7) is 1.15. The van der Waals surface area contributed by atoms with E-state index < -0.39 is 0 Å². The summed E-state index contributed by atoms with van der Waals surface area (Å²) in [5, 5.41) is 0.660. The molecule has 0 unspecified atom stereocenters. The van der Waals surface area contributed by atoms with Crippen LogP contribution in [0.5, 0.6) is 0 Å². The molecule has 0 spiro atoms. The van der Waals surface area contributed by atoms with E-state index in [1.54, 1.807) is 19.2 Å². The molecule has 0 bridgehead atoms. The van der Waals surface area contributed by atoms with Crippen LogP contribution in [-0.2, 0) is 11.3 Å². The molecule has 0 aliphatic carbocycles. The van der Waals surface area contributed by atoms with E-state index >= 15 is 0 Å². The van der Waals surface area contributed by atoms with Crippen molar-refractivity contribution in [1.82, 2.24) is 4.57 Å². The molecule has 7 heteroatoms. The third kappa shape index (κ3) is 3.78. The average Bonchev–Trinajstić information content (AvgIpc) is 2.89. The number of carbonyl (C=O) groups excluding carboxylic acids is 1. The van der Waals surface area contributed by atoms with E-state index in [9.17, 15) is 4.79 Å². The molecule has 1 heterocycles. The van der Waals surface area contributed by atoms with Crippen molar-refractivity contribution in [1.29, 1.82) is 0 Å². The van der Waals surface area contributed by atoms with Crippen LogP contribution in [0.3, 0.4) is 0 Å². The van der Waals surface area contributed by atoms with Gasteiger partial charge in [-0.05, 0) is 36.4 Å². The van der Waals surface area contributed by atoms with Crippen LogP contribution < -0.4 is 4.80 Å². The fourth-order valence-electron chi connectivity index (χ4n) is 2.30. The highest BCUT2D eigenvalue weighted by atomic mass is 79.9. The van der Waals surface area contributed by atoms with Gasteiger partial charge in [0.25, 0.3) is 5.91 Å². The minimum absolute atomic E-state index is 0.278. The zero-order chi connectivity index (χ0) is 17.1. The summed E-state index contributed by atoms with van der Waals surface area (Å²) in [6.07, 6.45) is 0. The largest absolute Gasteiger partial charge is 0.383 e. The lowest BCUT2D eigenvalue weighted by molar-refractivity contribution is 0.0997. The number of nitrogens with zero attached hydrogens (tertiary/aromatic N) is 2. The van der Waals surface area contributed by atoms with Gasteiger partial charge in [0.05, 0.1) is 16.8 Å². The minimum Gasteiger partial charge on any atom is -0.383 e. The zero-order valence-corrected chi connectivity index (χ0v) is 16.0. The number of ether oxygens (including phenoxy) is 1. The van der Waals surface area contributed by atoms with Crippen LogP contribution in [-0.4, -0.2) is 24.2 Å². The summed E-state index contributed by atoms with van der Waals surface area (Å²) < 4.78 is 8.99. The van der Waals surface area contributed by atoms with Crippen LogP contribution in [0, 0.1) is 0 Å². The van der Waals surface area contributed by atoms with Crippen molar-refractivity contribution < 1.29 is 9.53 Å². The van der Waals surface area contributed by atoms with Gasteiger partial charge in [0, 0.05) is 28.7 Å². The Morgan fingerprint density at radius 3 is 2.92 bits per heavy atom. The van der Waals surface area contributed by atoms with E-state index in [-0.39, 0.29) is 5.91 Å². The third-order valence-corrected chi connectivity index (χ3v) is 5.20. The molecule has 124 valence electrons.